The second-order valence-corrected chi connectivity index (χ2v) is 5.22. The molecule has 3 rings (SSSR count). The average molecular weight is 345 g/mol. The van der Waals surface area contributed by atoms with Gasteiger partial charge in [0.15, 0.2) is 5.82 Å². The van der Waals surface area contributed by atoms with Gasteiger partial charge in [-0.2, -0.15) is 4.98 Å². The van der Waals surface area contributed by atoms with Gasteiger partial charge in [-0.3, -0.25) is 10.1 Å². The van der Waals surface area contributed by atoms with Crippen molar-refractivity contribution in [1.29, 1.82) is 0 Å². The first kappa shape index (κ1) is 16.7. The fourth-order valence-electron chi connectivity index (χ4n) is 2.36. The molecule has 6 nitrogen and oxygen atoms in total. The van der Waals surface area contributed by atoms with E-state index in [9.17, 15) is 18.9 Å². The molecule has 0 aliphatic rings. The molecule has 1 heterocycles. The number of rotatable bonds is 5. The van der Waals surface area contributed by atoms with Crippen LogP contribution < -0.4 is 4.74 Å². The summed E-state index contributed by atoms with van der Waals surface area (Å²) in [5.41, 5.74) is 0.788. The van der Waals surface area contributed by atoms with Crippen LogP contribution in [0, 0.1) is 10.1 Å². The molecule has 0 spiro atoms. The number of aromatic nitrogens is 2. The second kappa shape index (κ2) is 6.76. The molecule has 0 saturated carbocycles. The van der Waals surface area contributed by atoms with Crippen molar-refractivity contribution < 1.29 is 18.4 Å². The summed E-state index contributed by atoms with van der Waals surface area (Å²) in [7, 11) is 0. The van der Waals surface area contributed by atoms with E-state index in [1.54, 1.807) is 30.3 Å². The quantitative estimate of drug-likeness (QED) is 0.489. The fourth-order valence-corrected chi connectivity index (χ4v) is 2.36. The standard InChI is InChI=1S/C17H13F2N3O3/c1-2-10-7-8-14(13(9-10)22(23)24)25-17-11-5-3-4-6-12(11)20-16(21-17)15(18)19/h3-9,15H,2H2,1H3. The van der Waals surface area contributed by atoms with Crippen molar-refractivity contribution >= 4 is 16.6 Å². The largest absolute Gasteiger partial charge is 0.431 e. The zero-order chi connectivity index (χ0) is 18.0. The third-order valence-corrected chi connectivity index (χ3v) is 3.62. The first-order chi connectivity index (χ1) is 12.0. The van der Waals surface area contributed by atoms with Crippen molar-refractivity contribution in [2.45, 2.75) is 19.8 Å². The van der Waals surface area contributed by atoms with Crippen LogP contribution >= 0.6 is 0 Å². The molecule has 0 fully saturated rings. The molecule has 1 aromatic heterocycles. The van der Waals surface area contributed by atoms with Gasteiger partial charge in [0.1, 0.15) is 0 Å². The van der Waals surface area contributed by atoms with E-state index < -0.39 is 17.2 Å². The van der Waals surface area contributed by atoms with E-state index in [1.807, 2.05) is 6.92 Å². The normalized spacial score (nSPS) is 11.0. The number of fused-ring (bicyclic) bond motifs is 1. The zero-order valence-corrected chi connectivity index (χ0v) is 13.1. The maximum absolute atomic E-state index is 13.0. The van der Waals surface area contributed by atoms with Gasteiger partial charge in [-0.25, -0.2) is 13.8 Å². The minimum atomic E-state index is -2.88. The lowest BCUT2D eigenvalue weighted by Crippen LogP contribution is -2.01. The minimum Gasteiger partial charge on any atom is -0.431 e. The molecule has 8 heteroatoms. The van der Waals surface area contributed by atoms with Crippen molar-refractivity contribution in [3.63, 3.8) is 0 Å². The summed E-state index contributed by atoms with van der Waals surface area (Å²) >= 11 is 0. The van der Waals surface area contributed by atoms with E-state index in [0.717, 1.165) is 5.56 Å². The topological polar surface area (TPSA) is 78.2 Å². The maximum atomic E-state index is 13.0. The molecule has 2 aromatic carbocycles. The molecular weight excluding hydrogens is 332 g/mol. The first-order valence-corrected chi connectivity index (χ1v) is 7.49. The van der Waals surface area contributed by atoms with Gasteiger partial charge in [0.25, 0.3) is 6.43 Å². The Balaban J connectivity index is 2.13. The number of ether oxygens (including phenoxy) is 1. The lowest BCUT2D eigenvalue weighted by atomic mass is 10.1. The van der Waals surface area contributed by atoms with Crippen molar-refractivity contribution in [3.05, 3.63) is 64.0 Å². The Morgan fingerprint density at radius 1 is 1.20 bits per heavy atom. The molecule has 0 unspecified atom stereocenters. The number of alkyl halides is 2. The van der Waals surface area contributed by atoms with Gasteiger partial charge in [0, 0.05) is 6.07 Å². The van der Waals surface area contributed by atoms with E-state index in [2.05, 4.69) is 9.97 Å². The van der Waals surface area contributed by atoms with Crippen molar-refractivity contribution in [3.8, 4) is 11.6 Å². The molecule has 0 amide bonds. The highest BCUT2D eigenvalue weighted by Gasteiger charge is 2.20. The van der Waals surface area contributed by atoms with Crippen LogP contribution in [0.15, 0.2) is 42.5 Å². The van der Waals surface area contributed by atoms with Gasteiger partial charge in [-0.15, -0.1) is 0 Å². The van der Waals surface area contributed by atoms with Crippen LogP contribution in [0.25, 0.3) is 10.9 Å². The van der Waals surface area contributed by atoms with Crippen molar-refractivity contribution in [2.24, 2.45) is 0 Å². The van der Waals surface area contributed by atoms with Crippen LogP contribution in [0.2, 0.25) is 0 Å². The molecule has 0 N–H and O–H groups in total. The Kier molecular flexibility index (Phi) is 4.51. The van der Waals surface area contributed by atoms with E-state index >= 15 is 0 Å². The van der Waals surface area contributed by atoms with Crippen molar-refractivity contribution in [1.82, 2.24) is 9.97 Å². The number of para-hydroxylation sites is 1. The molecule has 3 aromatic rings. The summed E-state index contributed by atoms with van der Waals surface area (Å²) in [4.78, 5) is 18.2. The number of hydrogen-bond donors (Lipinski definition) is 0. The SMILES string of the molecule is CCc1ccc(Oc2nc(C(F)F)nc3ccccc23)c([N+](=O)[O-])c1. The molecule has 25 heavy (non-hydrogen) atoms. The van der Waals surface area contributed by atoms with Crippen LogP contribution in [0.4, 0.5) is 14.5 Å². The van der Waals surface area contributed by atoms with Crippen LogP contribution in [0.3, 0.4) is 0 Å². The van der Waals surface area contributed by atoms with E-state index in [0.29, 0.717) is 11.8 Å². The summed E-state index contributed by atoms with van der Waals surface area (Å²) < 4.78 is 31.6. The predicted molar refractivity (Wildman–Crippen MR) is 87.0 cm³/mol. The van der Waals surface area contributed by atoms with Crippen LogP contribution in [0.1, 0.15) is 24.7 Å². The van der Waals surface area contributed by atoms with Crippen LogP contribution in [0.5, 0.6) is 11.6 Å². The smallest absolute Gasteiger partial charge is 0.311 e. The number of nitro groups is 1. The van der Waals surface area contributed by atoms with E-state index in [1.165, 1.54) is 12.1 Å². The highest BCUT2D eigenvalue weighted by atomic mass is 19.3. The zero-order valence-electron chi connectivity index (χ0n) is 13.1. The number of hydrogen-bond acceptors (Lipinski definition) is 5. The summed E-state index contributed by atoms with van der Waals surface area (Å²) in [5.74, 6) is -0.902. The number of aryl methyl sites for hydroxylation is 1. The summed E-state index contributed by atoms with van der Waals surface area (Å²) in [6.45, 7) is 1.87. The van der Waals surface area contributed by atoms with Gasteiger partial charge in [0.2, 0.25) is 11.6 Å². The third-order valence-electron chi connectivity index (χ3n) is 3.62. The summed E-state index contributed by atoms with van der Waals surface area (Å²) in [5, 5.41) is 11.7. The van der Waals surface area contributed by atoms with Gasteiger partial charge in [-0.1, -0.05) is 25.1 Å². The summed E-state index contributed by atoms with van der Waals surface area (Å²) in [6.07, 6.45) is -2.27. The molecule has 0 bridgehead atoms. The predicted octanol–water partition coefficient (Wildman–Crippen LogP) is 4.83. The molecular formula is C17H13F2N3O3. The maximum Gasteiger partial charge on any atom is 0.311 e. The van der Waals surface area contributed by atoms with Gasteiger partial charge in [-0.05, 0) is 30.2 Å². The highest BCUT2D eigenvalue weighted by Crippen LogP contribution is 2.35. The molecule has 0 aliphatic heterocycles. The molecule has 0 radical (unpaired) electrons. The number of nitro benzene ring substituents is 1. The van der Waals surface area contributed by atoms with Gasteiger partial charge < -0.3 is 4.74 Å². The van der Waals surface area contributed by atoms with Crippen LogP contribution in [-0.2, 0) is 6.42 Å². The third kappa shape index (κ3) is 3.37. The average Bonchev–Trinajstić information content (AvgIpc) is 2.61. The Labute approximate surface area is 141 Å². The number of nitrogens with zero attached hydrogens (tertiary/aromatic N) is 3. The summed E-state index contributed by atoms with van der Waals surface area (Å²) in [6, 6.07) is 11.0. The second-order valence-electron chi connectivity index (χ2n) is 5.22. The Hall–Kier alpha value is -3.16. The highest BCUT2D eigenvalue weighted by molar-refractivity contribution is 5.83. The lowest BCUT2D eigenvalue weighted by molar-refractivity contribution is -0.385. The lowest BCUT2D eigenvalue weighted by Gasteiger charge is -2.10. The number of benzene rings is 2. The molecule has 0 saturated heterocycles. The van der Waals surface area contributed by atoms with Crippen molar-refractivity contribution in [2.75, 3.05) is 0 Å². The number of halogens is 2. The van der Waals surface area contributed by atoms with E-state index in [4.69, 9.17) is 4.74 Å². The Morgan fingerprint density at radius 2 is 1.96 bits per heavy atom. The Bertz CT molecular complexity index is 948. The monoisotopic (exact) mass is 345 g/mol. The molecule has 0 atom stereocenters. The molecule has 128 valence electrons. The van der Waals surface area contributed by atoms with Crippen LogP contribution in [-0.4, -0.2) is 14.9 Å². The fraction of sp³-hybridized carbons (Fsp3) is 0.176. The van der Waals surface area contributed by atoms with Gasteiger partial charge >= 0.3 is 5.69 Å². The molecule has 0 aliphatic carbocycles. The first-order valence-electron chi connectivity index (χ1n) is 7.49. The van der Waals surface area contributed by atoms with Gasteiger partial charge in [0.05, 0.1) is 15.8 Å². The minimum absolute atomic E-state index is 0.0636. The van der Waals surface area contributed by atoms with E-state index in [-0.39, 0.29) is 22.8 Å². The Morgan fingerprint density at radius 3 is 2.64 bits per heavy atom.